The van der Waals surface area contributed by atoms with E-state index in [0.717, 1.165) is 11.3 Å². The first-order valence-corrected chi connectivity index (χ1v) is 7.21. The standard InChI is InChI=1S/C11H11NO3S2/c1-8-4-5-9(7-10(8)13)12-17(14,15)11-3-2-6-16-11/h2-7,12-13H,1H3. The Hall–Kier alpha value is -1.53. The molecule has 0 aliphatic rings. The minimum absolute atomic E-state index is 0.0661. The predicted molar refractivity (Wildman–Crippen MR) is 68.0 cm³/mol. The first-order valence-electron chi connectivity index (χ1n) is 4.85. The molecule has 0 atom stereocenters. The summed E-state index contributed by atoms with van der Waals surface area (Å²) in [5.41, 5.74) is 1.05. The fourth-order valence-electron chi connectivity index (χ4n) is 1.29. The average Bonchev–Trinajstić information content (AvgIpc) is 2.77. The van der Waals surface area contributed by atoms with Gasteiger partial charge in [0.25, 0.3) is 10.0 Å². The van der Waals surface area contributed by atoms with Crippen molar-refractivity contribution in [1.82, 2.24) is 0 Å². The number of nitrogens with one attached hydrogen (secondary N) is 1. The molecule has 2 aromatic rings. The van der Waals surface area contributed by atoms with Crippen LogP contribution in [0, 0.1) is 6.92 Å². The molecule has 0 bridgehead atoms. The summed E-state index contributed by atoms with van der Waals surface area (Å²) >= 11 is 1.14. The van der Waals surface area contributed by atoms with Crippen molar-refractivity contribution in [2.45, 2.75) is 11.1 Å². The van der Waals surface area contributed by atoms with E-state index in [1.165, 1.54) is 12.1 Å². The van der Waals surface area contributed by atoms with E-state index in [1.807, 2.05) is 0 Å². The van der Waals surface area contributed by atoms with Gasteiger partial charge in [-0.05, 0) is 30.0 Å². The average molecular weight is 269 g/mol. The van der Waals surface area contributed by atoms with Gasteiger partial charge in [-0.25, -0.2) is 8.42 Å². The van der Waals surface area contributed by atoms with Crippen molar-refractivity contribution < 1.29 is 13.5 Å². The monoisotopic (exact) mass is 269 g/mol. The van der Waals surface area contributed by atoms with Crippen molar-refractivity contribution in [1.29, 1.82) is 0 Å². The topological polar surface area (TPSA) is 66.4 Å². The zero-order chi connectivity index (χ0) is 12.5. The molecule has 0 spiro atoms. The van der Waals surface area contributed by atoms with Gasteiger partial charge in [0.15, 0.2) is 0 Å². The Labute approximate surface area is 104 Å². The molecule has 0 fully saturated rings. The highest BCUT2D eigenvalue weighted by Gasteiger charge is 2.15. The molecular formula is C11H11NO3S2. The molecular weight excluding hydrogens is 258 g/mol. The Morgan fingerprint density at radius 3 is 2.65 bits per heavy atom. The van der Waals surface area contributed by atoms with Crippen molar-refractivity contribution in [3.63, 3.8) is 0 Å². The SMILES string of the molecule is Cc1ccc(NS(=O)(=O)c2cccs2)cc1O. The van der Waals surface area contributed by atoms with Gasteiger partial charge in [0, 0.05) is 6.07 Å². The summed E-state index contributed by atoms with van der Waals surface area (Å²) in [5.74, 6) is 0.0661. The van der Waals surface area contributed by atoms with E-state index in [9.17, 15) is 13.5 Å². The van der Waals surface area contributed by atoms with Crippen molar-refractivity contribution in [3.8, 4) is 5.75 Å². The maximum absolute atomic E-state index is 11.9. The third-order valence-electron chi connectivity index (χ3n) is 2.22. The lowest BCUT2D eigenvalue weighted by atomic mass is 10.2. The van der Waals surface area contributed by atoms with Crippen LogP contribution in [0.4, 0.5) is 5.69 Å². The Morgan fingerprint density at radius 1 is 1.29 bits per heavy atom. The van der Waals surface area contributed by atoms with Crippen molar-refractivity contribution >= 4 is 27.0 Å². The van der Waals surface area contributed by atoms with Crippen LogP contribution in [-0.2, 0) is 10.0 Å². The van der Waals surface area contributed by atoms with Crippen molar-refractivity contribution in [2.75, 3.05) is 4.72 Å². The van der Waals surface area contributed by atoms with Crippen LogP contribution in [0.3, 0.4) is 0 Å². The van der Waals surface area contributed by atoms with E-state index in [4.69, 9.17) is 0 Å². The van der Waals surface area contributed by atoms with Crippen LogP contribution in [0.25, 0.3) is 0 Å². The first kappa shape index (κ1) is 11.9. The summed E-state index contributed by atoms with van der Waals surface area (Å²) in [4.78, 5) is 0. The van der Waals surface area contributed by atoms with Crippen LogP contribution in [0.15, 0.2) is 39.9 Å². The van der Waals surface area contributed by atoms with E-state index in [1.54, 1.807) is 30.5 Å². The smallest absolute Gasteiger partial charge is 0.271 e. The van der Waals surface area contributed by atoms with Gasteiger partial charge in [-0.3, -0.25) is 4.72 Å². The number of aryl methyl sites for hydroxylation is 1. The molecule has 6 heteroatoms. The molecule has 4 nitrogen and oxygen atoms in total. The number of hydrogen-bond donors (Lipinski definition) is 2. The van der Waals surface area contributed by atoms with Gasteiger partial charge in [-0.2, -0.15) is 0 Å². The van der Waals surface area contributed by atoms with Gasteiger partial charge in [-0.15, -0.1) is 11.3 Å². The van der Waals surface area contributed by atoms with E-state index in [-0.39, 0.29) is 9.96 Å². The molecule has 0 radical (unpaired) electrons. The molecule has 2 N–H and O–H groups in total. The molecule has 1 heterocycles. The third kappa shape index (κ3) is 2.59. The molecule has 0 amide bonds. The molecule has 90 valence electrons. The number of anilines is 1. The second-order valence-corrected chi connectivity index (χ2v) is 6.40. The maximum Gasteiger partial charge on any atom is 0.271 e. The molecule has 0 unspecified atom stereocenters. The van der Waals surface area contributed by atoms with Crippen molar-refractivity contribution in [3.05, 3.63) is 41.3 Å². The predicted octanol–water partition coefficient (Wildman–Crippen LogP) is 2.56. The largest absolute Gasteiger partial charge is 0.508 e. The van der Waals surface area contributed by atoms with Crippen LogP contribution in [0.2, 0.25) is 0 Å². The lowest BCUT2D eigenvalue weighted by Gasteiger charge is -2.07. The first-order chi connectivity index (χ1) is 7.99. The van der Waals surface area contributed by atoms with E-state index < -0.39 is 10.0 Å². The molecule has 0 saturated heterocycles. The van der Waals surface area contributed by atoms with Gasteiger partial charge < -0.3 is 5.11 Å². The highest BCUT2D eigenvalue weighted by Crippen LogP contribution is 2.24. The molecule has 17 heavy (non-hydrogen) atoms. The third-order valence-corrected chi connectivity index (χ3v) is 5.00. The Morgan fingerprint density at radius 2 is 2.06 bits per heavy atom. The number of sulfonamides is 1. The van der Waals surface area contributed by atoms with E-state index >= 15 is 0 Å². The summed E-state index contributed by atoms with van der Waals surface area (Å²) in [6.07, 6.45) is 0. The fraction of sp³-hybridized carbons (Fsp3) is 0.0909. The lowest BCUT2D eigenvalue weighted by molar-refractivity contribution is 0.471. The Bertz CT molecular complexity index is 618. The van der Waals surface area contributed by atoms with Gasteiger partial charge in [-0.1, -0.05) is 12.1 Å². The number of thiophene rings is 1. The second-order valence-electron chi connectivity index (χ2n) is 3.54. The van der Waals surface area contributed by atoms with E-state index in [2.05, 4.69) is 4.72 Å². The minimum atomic E-state index is -3.54. The Kier molecular flexibility index (Phi) is 3.08. The van der Waals surface area contributed by atoms with Gasteiger partial charge in [0.05, 0.1) is 5.69 Å². The Balaban J connectivity index is 2.30. The highest BCUT2D eigenvalue weighted by molar-refractivity contribution is 7.94. The number of rotatable bonds is 3. The van der Waals surface area contributed by atoms with Crippen LogP contribution < -0.4 is 4.72 Å². The number of hydrogen-bond acceptors (Lipinski definition) is 4. The summed E-state index contributed by atoms with van der Waals surface area (Å²) in [6.45, 7) is 1.74. The number of phenolic OH excluding ortho intramolecular Hbond substituents is 1. The molecule has 0 saturated carbocycles. The zero-order valence-corrected chi connectivity index (χ0v) is 10.7. The summed E-state index contributed by atoms with van der Waals surface area (Å²) in [5, 5.41) is 11.2. The fourth-order valence-corrected chi connectivity index (χ4v) is 3.34. The molecule has 0 aliphatic carbocycles. The number of benzene rings is 1. The van der Waals surface area contributed by atoms with Crippen LogP contribution in [0.1, 0.15) is 5.56 Å². The summed E-state index contributed by atoms with van der Waals surface area (Å²) in [7, 11) is -3.54. The molecule has 0 aliphatic heterocycles. The van der Waals surface area contributed by atoms with Crippen molar-refractivity contribution in [2.24, 2.45) is 0 Å². The second kappa shape index (κ2) is 4.38. The lowest BCUT2D eigenvalue weighted by Crippen LogP contribution is -2.11. The summed E-state index contributed by atoms with van der Waals surface area (Å²) in [6, 6.07) is 7.86. The quantitative estimate of drug-likeness (QED) is 0.900. The normalized spacial score (nSPS) is 11.4. The molecule has 2 rings (SSSR count). The number of aromatic hydroxyl groups is 1. The molecule has 1 aromatic carbocycles. The van der Waals surface area contributed by atoms with Crippen LogP contribution in [0.5, 0.6) is 5.75 Å². The van der Waals surface area contributed by atoms with Crippen LogP contribution in [-0.4, -0.2) is 13.5 Å². The zero-order valence-electron chi connectivity index (χ0n) is 9.04. The van der Waals surface area contributed by atoms with E-state index in [0.29, 0.717) is 11.3 Å². The molecule has 1 aromatic heterocycles. The van der Waals surface area contributed by atoms with Crippen LogP contribution >= 0.6 is 11.3 Å². The number of phenols is 1. The summed E-state index contributed by atoms with van der Waals surface area (Å²) < 4.78 is 26.4. The highest BCUT2D eigenvalue weighted by atomic mass is 32.2. The minimum Gasteiger partial charge on any atom is -0.508 e. The van der Waals surface area contributed by atoms with Gasteiger partial charge >= 0.3 is 0 Å². The van der Waals surface area contributed by atoms with Gasteiger partial charge in [0.2, 0.25) is 0 Å². The van der Waals surface area contributed by atoms with Gasteiger partial charge in [0.1, 0.15) is 9.96 Å². The maximum atomic E-state index is 11.9.